The Bertz CT molecular complexity index is 327. The number of hydrogen-bond acceptors (Lipinski definition) is 4. The van der Waals surface area contributed by atoms with Crippen molar-refractivity contribution in [2.75, 3.05) is 14.2 Å². The first kappa shape index (κ1) is 15.2. The smallest absolute Gasteiger partial charge is 0.309 e. The van der Waals surface area contributed by atoms with E-state index in [-0.39, 0.29) is 11.9 Å². The van der Waals surface area contributed by atoms with Crippen LogP contribution in [0, 0.1) is 0 Å². The molecule has 0 aliphatic rings. The fourth-order valence-electron chi connectivity index (χ4n) is 0.979. The second kappa shape index (κ2) is 9.39. The summed E-state index contributed by atoms with van der Waals surface area (Å²) < 4.78 is 8.78. The molecular formula is C13H18O4. The summed E-state index contributed by atoms with van der Waals surface area (Å²) in [4.78, 5) is 20.7. The molecular weight excluding hydrogens is 220 g/mol. The van der Waals surface area contributed by atoms with Gasteiger partial charge in [-0.05, 0) is 5.56 Å². The lowest BCUT2D eigenvalue weighted by molar-refractivity contribution is -0.140. The van der Waals surface area contributed by atoms with Gasteiger partial charge in [-0.2, -0.15) is 0 Å². The lowest BCUT2D eigenvalue weighted by Gasteiger charge is -1.97. The molecule has 0 saturated carbocycles. The fraction of sp³-hybridized carbons (Fsp3) is 0.385. The number of methoxy groups -OCH3 is 2. The highest BCUT2D eigenvalue weighted by molar-refractivity contribution is 5.72. The first-order chi connectivity index (χ1) is 8.13. The lowest BCUT2D eigenvalue weighted by atomic mass is 10.2. The van der Waals surface area contributed by atoms with Crippen LogP contribution in [0.25, 0.3) is 0 Å². The van der Waals surface area contributed by atoms with E-state index in [1.807, 2.05) is 30.3 Å². The van der Waals surface area contributed by atoms with Crippen LogP contribution < -0.4 is 0 Å². The van der Waals surface area contributed by atoms with Gasteiger partial charge in [0, 0.05) is 6.42 Å². The molecule has 17 heavy (non-hydrogen) atoms. The van der Waals surface area contributed by atoms with E-state index in [0.29, 0.717) is 12.8 Å². The largest absolute Gasteiger partial charge is 0.469 e. The molecule has 0 fully saturated rings. The fourth-order valence-corrected chi connectivity index (χ4v) is 0.979. The van der Waals surface area contributed by atoms with Crippen molar-refractivity contribution < 1.29 is 19.1 Å². The molecule has 0 heterocycles. The van der Waals surface area contributed by atoms with Crippen molar-refractivity contribution in [1.82, 2.24) is 0 Å². The highest BCUT2D eigenvalue weighted by Gasteiger charge is 1.99. The zero-order valence-electron chi connectivity index (χ0n) is 10.4. The van der Waals surface area contributed by atoms with Gasteiger partial charge in [-0.15, -0.1) is 0 Å². The van der Waals surface area contributed by atoms with Crippen molar-refractivity contribution >= 4 is 11.9 Å². The standard InChI is InChI=1S/C9H10O2.C4H8O2/c1-11-9(10)7-8-5-3-2-4-6-8;1-3-4(5)6-2/h2-6H,7H2,1H3;3H2,1-2H3. The lowest BCUT2D eigenvalue weighted by Crippen LogP contribution is -2.03. The second-order valence-electron chi connectivity index (χ2n) is 3.17. The van der Waals surface area contributed by atoms with E-state index >= 15 is 0 Å². The van der Waals surface area contributed by atoms with Crippen molar-refractivity contribution in [2.24, 2.45) is 0 Å². The number of carbonyl (C=O) groups excluding carboxylic acids is 2. The van der Waals surface area contributed by atoms with Crippen LogP contribution in [0.3, 0.4) is 0 Å². The Morgan fingerprint density at radius 3 is 1.88 bits per heavy atom. The summed E-state index contributed by atoms with van der Waals surface area (Å²) in [5.41, 5.74) is 0.986. The SMILES string of the molecule is CCC(=O)OC.COC(=O)Cc1ccccc1. The van der Waals surface area contributed by atoms with Gasteiger partial charge >= 0.3 is 11.9 Å². The molecule has 0 saturated heterocycles. The number of carbonyl (C=O) groups is 2. The Balaban J connectivity index is 0.000000366. The molecule has 0 spiro atoms. The van der Waals surface area contributed by atoms with Crippen molar-refractivity contribution in [3.8, 4) is 0 Å². The van der Waals surface area contributed by atoms with Crippen molar-refractivity contribution in [3.05, 3.63) is 35.9 Å². The van der Waals surface area contributed by atoms with Crippen LogP contribution in [0.4, 0.5) is 0 Å². The zero-order valence-corrected chi connectivity index (χ0v) is 10.4. The molecule has 1 aromatic rings. The minimum Gasteiger partial charge on any atom is -0.469 e. The predicted octanol–water partition coefficient (Wildman–Crippen LogP) is 1.97. The Morgan fingerprint density at radius 2 is 1.53 bits per heavy atom. The van der Waals surface area contributed by atoms with E-state index < -0.39 is 0 Å². The molecule has 0 radical (unpaired) electrons. The molecule has 94 valence electrons. The van der Waals surface area contributed by atoms with Crippen LogP contribution in [0.2, 0.25) is 0 Å². The highest BCUT2D eigenvalue weighted by atomic mass is 16.5. The minimum absolute atomic E-state index is 0.157. The van der Waals surface area contributed by atoms with Crippen LogP contribution in [0.5, 0.6) is 0 Å². The van der Waals surface area contributed by atoms with Crippen LogP contribution in [-0.4, -0.2) is 26.2 Å². The average molecular weight is 238 g/mol. The van der Waals surface area contributed by atoms with Gasteiger partial charge in [0.2, 0.25) is 0 Å². The summed E-state index contributed by atoms with van der Waals surface area (Å²) in [5, 5.41) is 0. The Hall–Kier alpha value is -1.84. The zero-order chi connectivity index (χ0) is 13.1. The van der Waals surface area contributed by atoms with Crippen LogP contribution in [0.15, 0.2) is 30.3 Å². The number of esters is 2. The molecule has 0 aliphatic heterocycles. The van der Waals surface area contributed by atoms with E-state index in [0.717, 1.165) is 5.56 Å². The van der Waals surface area contributed by atoms with Crippen LogP contribution in [0.1, 0.15) is 18.9 Å². The molecule has 1 aromatic carbocycles. The normalized spacial score (nSPS) is 8.65. The Kier molecular flexibility index (Phi) is 8.37. The summed E-state index contributed by atoms with van der Waals surface area (Å²) in [7, 11) is 2.77. The van der Waals surface area contributed by atoms with Gasteiger partial charge in [-0.25, -0.2) is 0 Å². The number of ether oxygens (including phenoxy) is 2. The molecule has 0 amide bonds. The summed E-state index contributed by atoms with van der Waals surface area (Å²) in [6.45, 7) is 1.76. The maximum atomic E-state index is 10.8. The third-order valence-corrected chi connectivity index (χ3v) is 1.94. The van der Waals surface area contributed by atoms with Gasteiger partial charge < -0.3 is 9.47 Å². The maximum absolute atomic E-state index is 10.8. The molecule has 0 aromatic heterocycles. The van der Waals surface area contributed by atoms with Crippen molar-refractivity contribution in [1.29, 1.82) is 0 Å². The second-order valence-corrected chi connectivity index (χ2v) is 3.17. The predicted molar refractivity (Wildman–Crippen MR) is 64.5 cm³/mol. The molecule has 4 heteroatoms. The van der Waals surface area contributed by atoms with Gasteiger partial charge in [-0.3, -0.25) is 9.59 Å². The van der Waals surface area contributed by atoms with E-state index in [2.05, 4.69) is 9.47 Å². The van der Waals surface area contributed by atoms with E-state index in [1.54, 1.807) is 6.92 Å². The third-order valence-electron chi connectivity index (χ3n) is 1.94. The molecule has 0 atom stereocenters. The monoisotopic (exact) mass is 238 g/mol. The minimum atomic E-state index is -0.198. The van der Waals surface area contributed by atoms with Crippen LogP contribution in [-0.2, 0) is 25.5 Å². The van der Waals surface area contributed by atoms with Crippen molar-refractivity contribution in [2.45, 2.75) is 19.8 Å². The summed E-state index contributed by atoms with van der Waals surface area (Å²) in [6, 6.07) is 9.52. The van der Waals surface area contributed by atoms with E-state index in [9.17, 15) is 9.59 Å². The highest BCUT2D eigenvalue weighted by Crippen LogP contribution is 1.99. The number of hydrogen-bond donors (Lipinski definition) is 0. The first-order valence-corrected chi connectivity index (χ1v) is 5.31. The molecule has 0 N–H and O–H groups in total. The third kappa shape index (κ3) is 8.02. The number of rotatable bonds is 3. The van der Waals surface area contributed by atoms with Gasteiger partial charge in [0.05, 0.1) is 20.6 Å². The summed E-state index contributed by atoms with van der Waals surface area (Å²) in [6.07, 6.45) is 0.827. The van der Waals surface area contributed by atoms with E-state index in [4.69, 9.17) is 0 Å². The number of benzene rings is 1. The Labute approximate surface area is 102 Å². The average Bonchev–Trinajstić information content (AvgIpc) is 2.39. The van der Waals surface area contributed by atoms with Gasteiger partial charge in [-0.1, -0.05) is 37.3 Å². The van der Waals surface area contributed by atoms with Gasteiger partial charge in [0.15, 0.2) is 0 Å². The molecule has 4 nitrogen and oxygen atoms in total. The van der Waals surface area contributed by atoms with E-state index in [1.165, 1.54) is 14.2 Å². The Morgan fingerprint density at radius 1 is 1.00 bits per heavy atom. The van der Waals surface area contributed by atoms with Crippen LogP contribution >= 0.6 is 0 Å². The summed E-state index contributed by atoms with van der Waals surface area (Å²) in [5.74, 6) is -0.355. The molecule has 0 aliphatic carbocycles. The van der Waals surface area contributed by atoms with Gasteiger partial charge in [0.1, 0.15) is 0 Å². The van der Waals surface area contributed by atoms with Gasteiger partial charge in [0.25, 0.3) is 0 Å². The quantitative estimate of drug-likeness (QED) is 0.755. The maximum Gasteiger partial charge on any atom is 0.309 e. The topological polar surface area (TPSA) is 52.6 Å². The molecule has 1 rings (SSSR count). The molecule has 0 bridgehead atoms. The first-order valence-electron chi connectivity index (χ1n) is 5.31. The van der Waals surface area contributed by atoms with Crippen molar-refractivity contribution in [3.63, 3.8) is 0 Å². The summed E-state index contributed by atoms with van der Waals surface area (Å²) >= 11 is 0. The molecule has 0 unspecified atom stereocenters.